The van der Waals surface area contributed by atoms with Crippen LogP contribution in [0.2, 0.25) is 0 Å². The lowest BCUT2D eigenvalue weighted by Gasteiger charge is -2.18. The summed E-state index contributed by atoms with van der Waals surface area (Å²) >= 11 is 0. The minimum absolute atomic E-state index is 0.0247. The molecule has 0 aliphatic carbocycles. The molecule has 0 spiro atoms. The van der Waals surface area contributed by atoms with E-state index in [1.165, 1.54) is 6.07 Å². The van der Waals surface area contributed by atoms with E-state index in [9.17, 15) is 27.2 Å². The molecule has 136 valence electrons. The predicted octanol–water partition coefficient (Wildman–Crippen LogP) is 2.68. The molecule has 0 unspecified atom stereocenters. The van der Waals surface area contributed by atoms with Crippen LogP contribution in [-0.4, -0.2) is 20.7 Å². The zero-order chi connectivity index (χ0) is 18.9. The number of anilines is 1. The first-order valence-corrected chi connectivity index (χ1v) is 7.33. The Morgan fingerprint density at radius 3 is 2.44 bits per heavy atom. The van der Waals surface area contributed by atoms with Crippen molar-refractivity contribution in [3.63, 3.8) is 0 Å². The number of nitrogens with zero attached hydrogens (tertiary/aromatic N) is 2. The van der Waals surface area contributed by atoms with E-state index in [-0.39, 0.29) is 16.1 Å². The number of benzene rings is 1. The molecule has 25 heavy (non-hydrogen) atoms. The SMILES string of the molecule is Cc1ccc(F)c([C@H](C)Nc2nc(=O)n([C@@H](C)C(F)(F)F)c(=O)[nH]2)c1. The van der Waals surface area contributed by atoms with Gasteiger partial charge in [-0.15, -0.1) is 0 Å². The lowest BCUT2D eigenvalue weighted by Crippen LogP contribution is -2.44. The fraction of sp³-hybridized carbons (Fsp3) is 0.400. The molecular weight excluding hydrogens is 344 g/mol. The molecular formula is C15H16F4N4O2. The van der Waals surface area contributed by atoms with Crippen LogP contribution in [0.4, 0.5) is 23.5 Å². The molecule has 2 aromatic rings. The maximum atomic E-state index is 13.9. The first-order chi connectivity index (χ1) is 11.5. The average molecular weight is 360 g/mol. The van der Waals surface area contributed by atoms with Gasteiger partial charge in [0.05, 0.1) is 6.04 Å². The number of aryl methyl sites for hydroxylation is 1. The van der Waals surface area contributed by atoms with E-state index < -0.39 is 35.5 Å². The Hall–Kier alpha value is -2.65. The lowest BCUT2D eigenvalue weighted by molar-refractivity contribution is -0.164. The van der Waals surface area contributed by atoms with Gasteiger partial charge in [-0.2, -0.15) is 18.2 Å². The van der Waals surface area contributed by atoms with Crippen molar-refractivity contribution in [3.8, 4) is 0 Å². The van der Waals surface area contributed by atoms with Gasteiger partial charge in [-0.25, -0.2) is 18.5 Å². The number of nitrogens with one attached hydrogen (secondary N) is 2. The van der Waals surface area contributed by atoms with E-state index in [0.717, 1.165) is 5.56 Å². The van der Waals surface area contributed by atoms with Crippen LogP contribution in [0.15, 0.2) is 27.8 Å². The van der Waals surface area contributed by atoms with Gasteiger partial charge in [-0.1, -0.05) is 17.7 Å². The van der Waals surface area contributed by atoms with Gasteiger partial charge in [-0.05, 0) is 26.8 Å². The molecule has 2 atom stereocenters. The monoisotopic (exact) mass is 360 g/mol. The van der Waals surface area contributed by atoms with E-state index in [4.69, 9.17) is 0 Å². The number of hydrogen-bond donors (Lipinski definition) is 2. The first-order valence-electron chi connectivity index (χ1n) is 7.33. The Bertz CT molecular complexity index is 857. The number of alkyl halides is 3. The molecule has 0 radical (unpaired) electrons. The minimum Gasteiger partial charge on any atom is -0.349 e. The zero-order valence-electron chi connectivity index (χ0n) is 13.6. The third-order valence-corrected chi connectivity index (χ3v) is 3.69. The number of aromatic nitrogens is 3. The Kier molecular flexibility index (Phi) is 5.00. The van der Waals surface area contributed by atoms with Crippen molar-refractivity contribution in [1.29, 1.82) is 0 Å². The second-order valence-electron chi connectivity index (χ2n) is 5.65. The number of halogens is 4. The third kappa shape index (κ3) is 4.06. The van der Waals surface area contributed by atoms with Gasteiger partial charge in [0.1, 0.15) is 11.9 Å². The standard InChI is InChI=1S/C15H16F4N4O2/c1-7-4-5-11(16)10(6-7)8(2)20-12-21-13(24)23(14(25)22-12)9(3)15(17,18)19/h4-6,8-9H,1-3H3,(H2,20,21,22,24,25)/t8-,9-/m0/s1. The van der Waals surface area contributed by atoms with E-state index in [2.05, 4.69) is 15.3 Å². The number of hydrogen-bond acceptors (Lipinski definition) is 4. The van der Waals surface area contributed by atoms with Gasteiger partial charge in [-0.3, -0.25) is 4.98 Å². The highest BCUT2D eigenvalue weighted by Crippen LogP contribution is 2.27. The molecule has 1 aromatic carbocycles. The van der Waals surface area contributed by atoms with E-state index in [1.807, 2.05) is 0 Å². The summed E-state index contributed by atoms with van der Waals surface area (Å²) in [5.74, 6) is -0.846. The second kappa shape index (κ2) is 6.69. The Morgan fingerprint density at radius 1 is 1.24 bits per heavy atom. The highest BCUT2D eigenvalue weighted by atomic mass is 19.4. The van der Waals surface area contributed by atoms with Gasteiger partial charge < -0.3 is 5.32 Å². The fourth-order valence-electron chi connectivity index (χ4n) is 2.26. The molecule has 0 bridgehead atoms. The molecule has 6 nitrogen and oxygen atoms in total. The minimum atomic E-state index is -4.77. The molecule has 0 fully saturated rings. The predicted molar refractivity (Wildman–Crippen MR) is 83.1 cm³/mol. The van der Waals surface area contributed by atoms with Crippen molar-refractivity contribution >= 4 is 5.95 Å². The molecule has 0 saturated heterocycles. The van der Waals surface area contributed by atoms with Crippen molar-refractivity contribution in [1.82, 2.24) is 14.5 Å². The van der Waals surface area contributed by atoms with Gasteiger partial charge >= 0.3 is 17.6 Å². The summed E-state index contributed by atoms with van der Waals surface area (Å²) in [7, 11) is 0. The van der Waals surface area contributed by atoms with Crippen molar-refractivity contribution in [3.05, 3.63) is 56.1 Å². The summed E-state index contributed by atoms with van der Waals surface area (Å²) in [6.45, 7) is 3.99. The van der Waals surface area contributed by atoms with Crippen molar-refractivity contribution < 1.29 is 17.6 Å². The highest BCUT2D eigenvalue weighted by molar-refractivity contribution is 5.33. The molecule has 0 saturated carbocycles. The molecule has 2 rings (SSSR count). The summed E-state index contributed by atoms with van der Waals surface area (Å²) in [5, 5.41) is 2.61. The fourth-order valence-corrected chi connectivity index (χ4v) is 2.26. The molecule has 0 aliphatic heterocycles. The van der Waals surface area contributed by atoms with E-state index in [0.29, 0.717) is 6.92 Å². The first kappa shape index (κ1) is 18.7. The van der Waals surface area contributed by atoms with E-state index >= 15 is 0 Å². The zero-order valence-corrected chi connectivity index (χ0v) is 13.6. The van der Waals surface area contributed by atoms with Crippen LogP contribution < -0.4 is 16.7 Å². The van der Waals surface area contributed by atoms with Crippen molar-refractivity contribution in [2.75, 3.05) is 5.32 Å². The second-order valence-corrected chi connectivity index (χ2v) is 5.65. The van der Waals surface area contributed by atoms with Gasteiger partial charge in [0.15, 0.2) is 0 Å². The van der Waals surface area contributed by atoms with Crippen molar-refractivity contribution in [2.24, 2.45) is 0 Å². The van der Waals surface area contributed by atoms with Crippen LogP contribution in [-0.2, 0) is 0 Å². The maximum Gasteiger partial charge on any atom is 0.409 e. The highest BCUT2D eigenvalue weighted by Gasteiger charge is 2.39. The van der Waals surface area contributed by atoms with Crippen LogP contribution in [0.1, 0.15) is 37.1 Å². The Labute approximate surface area is 139 Å². The van der Waals surface area contributed by atoms with Gasteiger partial charge in [0.25, 0.3) is 0 Å². The van der Waals surface area contributed by atoms with Gasteiger partial charge in [0, 0.05) is 5.56 Å². The van der Waals surface area contributed by atoms with Crippen LogP contribution in [0.25, 0.3) is 0 Å². The van der Waals surface area contributed by atoms with Crippen LogP contribution in [0.5, 0.6) is 0 Å². The molecule has 2 N–H and O–H groups in total. The molecule has 1 heterocycles. The number of aromatic amines is 1. The maximum absolute atomic E-state index is 13.9. The topological polar surface area (TPSA) is 79.8 Å². The summed E-state index contributed by atoms with van der Waals surface area (Å²) in [5.41, 5.74) is -1.56. The molecule has 0 aliphatic rings. The number of H-pyrrole nitrogens is 1. The van der Waals surface area contributed by atoms with Crippen LogP contribution in [0, 0.1) is 12.7 Å². The summed E-state index contributed by atoms with van der Waals surface area (Å²) in [6, 6.07) is 1.40. The molecule has 1 aromatic heterocycles. The summed E-state index contributed by atoms with van der Waals surface area (Å²) in [4.78, 5) is 29.1. The van der Waals surface area contributed by atoms with Crippen LogP contribution >= 0.6 is 0 Å². The van der Waals surface area contributed by atoms with E-state index in [1.54, 1.807) is 26.0 Å². The third-order valence-electron chi connectivity index (χ3n) is 3.69. The normalized spacial score (nSPS) is 14.2. The largest absolute Gasteiger partial charge is 0.409 e. The lowest BCUT2D eigenvalue weighted by atomic mass is 10.1. The Morgan fingerprint density at radius 2 is 1.88 bits per heavy atom. The smallest absolute Gasteiger partial charge is 0.349 e. The molecule has 0 amide bonds. The summed E-state index contributed by atoms with van der Waals surface area (Å²) in [6.07, 6.45) is -4.77. The summed E-state index contributed by atoms with van der Waals surface area (Å²) < 4.78 is 52.0. The molecule has 10 heteroatoms. The average Bonchev–Trinajstić information content (AvgIpc) is 2.47. The Balaban J connectivity index is 2.35. The number of rotatable bonds is 4. The van der Waals surface area contributed by atoms with Crippen molar-refractivity contribution in [2.45, 2.75) is 39.0 Å². The van der Waals surface area contributed by atoms with Gasteiger partial charge in [0.2, 0.25) is 5.95 Å². The quantitative estimate of drug-likeness (QED) is 0.822. The van der Waals surface area contributed by atoms with Crippen LogP contribution in [0.3, 0.4) is 0 Å².